The maximum Gasteiger partial charge on any atom is 0.254 e. The Morgan fingerprint density at radius 2 is 2.00 bits per heavy atom. The van der Waals surface area contributed by atoms with E-state index >= 15 is 0 Å². The minimum Gasteiger partial charge on any atom is -0.496 e. The molecule has 1 amide bonds. The molecule has 3 rings (SSSR count). The highest BCUT2D eigenvalue weighted by Crippen LogP contribution is 2.61. The fourth-order valence-corrected chi connectivity index (χ4v) is 6.47. The van der Waals surface area contributed by atoms with Gasteiger partial charge in [0.2, 0.25) is 0 Å². The Hall–Kier alpha value is -1.28. The van der Waals surface area contributed by atoms with Crippen molar-refractivity contribution in [2.24, 2.45) is 0 Å². The van der Waals surface area contributed by atoms with Crippen LogP contribution in [0.5, 0.6) is 5.75 Å². The second kappa shape index (κ2) is 6.08. The van der Waals surface area contributed by atoms with Crippen molar-refractivity contribution in [3.8, 4) is 5.75 Å². The summed E-state index contributed by atoms with van der Waals surface area (Å²) in [7, 11) is -0.355. The van der Waals surface area contributed by atoms with Crippen molar-refractivity contribution in [1.29, 1.82) is 0 Å². The molecule has 0 unspecified atom stereocenters. The Labute approximate surface area is 132 Å². The summed E-state index contributed by atoms with van der Waals surface area (Å²) in [5.41, 5.74) is 2.24. The molecule has 0 atom stereocenters. The molecule has 5 heteroatoms. The smallest absolute Gasteiger partial charge is 0.254 e. The first-order valence-corrected chi connectivity index (χ1v) is 10.3. The number of nitrogens with zero attached hydrogens (tertiary/aromatic N) is 1. The third-order valence-corrected chi connectivity index (χ3v) is 8.67. The van der Waals surface area contributed by atoms with E-state index in [2.05, 4.69) is 6.92 Å². The van der Waals surface area contributed by atoms with Crippen LogP contribution in [-0.2, 0) is 11.0 Å². The molecule has 22 heavy (non-hydrogen) atoms. The zero-order chi connectivity index (χ0) is 15.7. The fourth-order valence-electron chi connectivity index (χ4n) is 3.27. The van der Waals surface area contributed by atoms with Crippen molar-refractivity contribution < 1.29 is 14.1 Å². The maximum absolute atomic E-state index is 12.7. The molecule has 1 aromatic rings. The van der Waals surface area contributed by atoms with E-state index in [0.29, 0.717) is 36.6 Å². The normalized spacial score (nSPS) is 20.7. The lowest BCUT2D eigenvalue weighted by Gasteiger charge is -2.32. The maximum atomic E-state index is 12.7. The van der Waals surface area contributed by atoms with E-state index in [1.807, 2.05) is 23.1 Å². The van der Waals surface area contributed by atoms with Gasteiger partial charge in [-0.2, -0.15) is 0 Å². The lowest BCUT2D eigenvalue weighted by molar-refractivity contribution is 0.0769. The quantitative estimate of drug-likeness (QED) is 0.800. The Morgan fingerprint density at radius 3 is 2.55 bits per heavy atom. The molecule has 0 bridgehead atoms. The SMILES string of the molecule is CCc1ccc(C(=O)N2CCP(=O)(C3CC3)CC2)cc1OC. The number of carbonyl (C=O) groups is 1. The van der Waals surface area contributed by atoms with Crippen LogP contribution >= 0.6 is 7.14 Å². The van der Waals surface area contributed by atoms with E-state index in [1.54, 1.807) is 7.11 Å². The van der Waals surface area contributed by atoms with Gasteiger partial charge in [0.05, 0.1) is 14.3 Å². The largest absolute Gasteiger partial charge is 0.496 e. The van der Waals surface area contributed by atoms with Crippen molar-refractivity contribution in [3.63, 3.8) is 0 Å². The molecule has 0 radical (unpaired) electrons. The van der Waals surface area contributed by atoms with Gasteiger partial charge in [0.1, 0.15) is 5.75 Å². The zero-order valence-electron chi connectivity index (χ0n) is 13.4. The van der Waals surface area contributed by atoms with Crippen molar-refractivity contribution in [1.82, 2.24) is 4.90 Å². The number of hydrogen-bond acceptors (Lipinski definition) is 3. The molecule has 1 aliphatic carbocycles. The molecule has 1 heterocycles. The van der Waals surface area contributed by atoms with Crippen LogP contribution < -0.4 is 4.74 Å². The monoisotopic (exact) mass is 321 g/mol. The molecule has 1 saturated heterocycles. The highest BCUT2D eigenvalue weighted by Gasteiger charge is 2.43. The van der Waals surface area contributed by atoms with Crippen LogP contribution in [0.4, 0.5) is 0 Å². The number of benzene rings is 1. The van der Waals surface area contributed by atoms with E-state index in [-0.39, 0.29) is 5.91 Å². The summed E-state index contributed by atoms with van der Waals surface area (Å²) in [6, 6.07) is 5.67. The van der Waals surface area contributed by atoms with Gasteiger partial charge in [-0.25, -0.2) is 0 Å². The van der Waals surface area contributed by atoms with Gasteiger partial charge in [-0.05, 0) is 37.0 Å². The molecule has 120 valence electrons. The average Bonchev–Trinajstić information content (AvgIpc) is 3.39. The summed E-state index contributed by atoms with van der Waals surface area (Å²) in [6.45, 7) is 3.33. The van der Waals surface area contributed by atoms with Crippen molar-refractivity contribution in [2.75, 3.05) is 32.5 Å². The van der Waals surface area contributed by atoms with E-state index < -0.39 is 7.14 Å². The van der Waals surface area contributed by atoms with E-state index in [4.69, 9.17) is 4.74 Å². The number of amides is 1. The van der Waals surface area contributed by atoms with Crippen LogP contribution in [-0.4, -0.2) is 49.0 Å². The van der Waals surface area contributed by atoms with Gasteiger partial charge in [-0.1, -0.05) is 13.0 Å². The second-order valence-electron chi connectivity index (χ2n) is 6.30. The summed E-state index contributed by atoms with van der Waals surface area (Å²) in [4.78, 5) is 14.5. The molecule has 1 aromatic carbocycles. The van der Waals surface area contributed by atoms with Gasteiger partial charge in [0.15, 0.2) is 0 Å². The Bertz CT molecular complexity index is 612. The third kappa shape index (κ3) is 2.94. The lowest BCUT2D eigenvalue weighted by Crippen LogP contribution is -2.40. The fraction of sp³-hybridized carbons (Fsp3) is 0.588. The second-order valence-corrected chi connectivity index (χ2v) is 9.83. The van der Waals surface area contributed by atoms with Gasteiger partial charge in [-0.15, -0.1) is 0 Å². The third-order valence-electron chi connectivity index (χ3n) is 4.91. The van der Waals surface area contributed by atoms with Crippen LogP contribution in [0.25, 0.3) is 0 Å². The minimum atomic E-state index is -1.99. The summed E-state index contributed by atoms with van der Waals surface area (Å²) < 4.78 is 18.1. The number of rotatable bonds is 4. The van der Waals surface area contributed by atoms with Crippen molar-refractivity contribution in [2.45, 2.75) is 31.8 Å². The van der Waals surface area contributed by atoms with Gasteiger partial charge >= 0.3 is 0 Å². The highest BCUT2D eigenvalue weighted by molar-refractivity contribution is 7.65. The molecule has 2 fully saturated rings. The first-order chi connectivity index (χ1) is 10.6. The van der Waals surface area contributed by atoms with Crippen LogP contribution in [0.15, 0.2) is 18.2 Å². The number of ether oxygens (including phenoxy) is 1. The van der Waals surface area contributed by atoms with Gasteiger partial charge in [0.25, 0.3) is 5.91 Å². The predicted octanol–water partition coefficient (Wildman–Crippen LogP) is 3.24. The number of methoxy groups -OCH3 is 1. The standard InChI is InChI=1S/C17H24NO3P/c1-3-13-4-5-14(12-16(13)21-2)17(19)18-8-10-22(20,11-9-18)15-6-7-15/h4-5,12,15H,3,6-11H2,1-2H3. The molecule has 1 saturated carbocycles. The van der Waals surface area contributed by atoms with Crippen molar-refractivity contribution >= 4 is 13.0 Å². The molecular weight excluding hydrogens is 297 g/mol. The molecule has 2 aliphatic rings. The minimum absolute atomic E-state index is 0.0306. The Morgan fingerprint density at radius 1 is 1.32 bits per heavy atom. The molecular formula is C17H24NO3P. The van der Waals surface area contributed by atoms with Crippen LogP contribution in [0, 0.1) is 0 Å². The summed E-state index contributed by atoms with van der Waals surface area (Å²) in [5.74, 6) is 0.803. The lowest BCUT2D eigenvalue weighted by atomic mass is 10.1. The van der Waals surface area contributed by atoms with E-state index in [1.165, 1.54) is 0 Å². The summed E-state index contributed by atoms with van der Waals surface area (Å²) in [6.07, 6.45) is 4.54. The van der Waals surface area contributed by atoms with E-state index in [9.17, 15) is 9.36 Å². The van der Waals surface area contributed by atoms with E-state index in [0.717, 1.165) is 30.6 Å². The Kier molecular flexibility index (Phi) is 4.31. The predicted molar refractivity (Wildman–Crippen MR) is 88.6 cm³/mol. The van der Waals surface area contributed by atoms with Crippen LogP contribution in [0.1, 0.15) is 35.7 Å². The number of carbonyl (C=O) groups excluding carboxylic acids is 1. The molecule has 1 aliphatic heterocycles. The first-order valence-electron chi connectivity index (χ1n) is 8.11. The van der Waals surface area contributed by atoms with Gasteiger partial charge in [0, 0.05) is 36.6 Å². The van der Waals surface area contributed by atoms with Crippen LogP contribution in [0.3, 0.4) is 0 Å². The summed E-state index contributed by atoms with van der Waals surface area (Å²) in [5, 5.41) is 0. The van der Waals surface area contributed by atoms with Crippen molar-refractivity contribution in [3.05, 3.63) is 29.3 Å². The summed E-state index contributed by atoms with van der Waals surface area (Å²) >= 11 is 0. The Balaban J connectivity index is 1.70. The van der Waals surface area contributed by atoms with Gasteiger partial charge in [-0.3, -0.25) is 4.79 Å². The number of hydrogen-bond donors (Lipinski definition) is 0. The highest BCUT2D eigenvalue weighted by atomic mass is 31.2. The van der Waals surface area contributed by atoms with Gasteiger partial charge < -0.3 is 14.2 Å². The molecule has 0 spiro atoms. The van der Waals surface area contributed by atoms with Crippen LogP contribution in [0.2, 0.25) is 0 Å². The molecule has 0 aromatic heterocycles. The molecule has 4 nitrogen and oxygen atoms in total. The first kappa shape index (κ1) is 15.6. The average molecular weight is 321 g/mol. The zero-order valence-corrected chi connectivity index (χ0v) is 14.3. The topological polar surface area (TPSA) is 46.6 Å². The number of aryl methyl sites for hydroxylation is 1. The molecule has 0 N–H and O–H groups in total.